The number of hydrogen-bond donors (Lipinski definition) is 2. The number of sulfonamides is 1. The van der Waals surface area contributed by atoms with Crippen molar-refractivity contribution in [3.63, 3.8) is 0 Å². The highest BCUT2D eigenvalue weighted by atomic mass is 32.2. The number of rotatable bonds is 7. The molecule has 7 heteroatoms. The fraction of sp³-hybridized carbons (Fsp3) is 0.250. The van der Waals surface area contributed by atoms with Crippen molar-refractivity contribution < 1.29 is 13.2 Å². The Labute approximate surface area is 159 Å². The lowest BCUT2D eigenvalue weighted by molar-refractivity contribution is -0.116. The molecule has 0 aliphatic heterocycles. The van der Waals surface area contributed by atoms with E-state index >= 15 is 0 Å². The van der Waals surface area contributed by atoms with Gasteiger partial charge in [0.1, 0.15) is 0 Å². The van der Waals surface area contributed by atoms with Crippen molar-refractivity contribution in [2.24, 2.45) is 0 Å². The first-order valence-corrected chi connectivity index (χ1v) is 10.2. The first-order valence-electron chi connectivity index (χ1n) is 8.75. The van der Waals surface area contributed by atoms with Crippen LogP contribution in [0, 0.1) is 0 Å². The standard InChI is InChI=1S/C20H23N3O3S/c1-23(2)27(25,26)17-12-10-16(11-13-17)22-20(24)9-5-6-15-14-21-19-8-4-3-7-18(15)19/h3-4,7-8,10-14,21H,5-6,9H2,1-2H3,(H,22,24). The molecule has 0 saturated carbocycles. The average Bonchev–Trinajstić information content (AvgIpc) is 3.05. The van der Waals surface area contributed by atoms with Gasteiger partial charge in [0, 0.05) is 43.3 Å². The lowest BCUT2D eigenvalue weighted by Crippen LogP contribution is -2.22. The van der Waals surface area contributed by atoms with Crippen LogP contribution in [0.1, 0.15) is 18.4 Å². The predicted octanol–water partition coefficient (Wildman–Crippen LogP) is 3.38. The molecule has 3 rings (SSSR count). The molecular formula is C20H23N3O3S. The number of aromatic amines is 1. The molecule has 2 N–H and O–H groups in total. The molecule has 6 nitrogen and oxygen atoms in total. The van der Waals surface area contributed by atoms with Crippen molar-refractivity contribution in [1.82, 2.24) is 9.29 Å². The van der Waals surface area contributed by atoms with Gasteiger partial charge in [0.2, 0.25) is 15.9 Å². The van der Waals surface area contributed by atoms with Gasteiger partial charge in [0.25, 0.3) is 0 Å². The SMILES string of the molecule is CN(C)S(=O)(=O)c1ccc(NC(=O)CCCc2c[nH]c3ccccc23)cc1. The van der Waals surface area contributed by atoms with Crippen LogP contribution in [0.2, 0.25) is 0 Å². The van der Waals surface area contributed by atoms with Crippen molar-refractivity contribution in [2.45, 2.75) is 24.2 Å². The lowest BCUT2D eigenvalue weighted by Gasteiger charge is -2.12. The second kappa shape index (κ2) is 7.94. The maximum absolute atomic E-state index is 12.1. The molecule has 0 spiro atoms. The number of H-pyrrole nitrogens is 1. The molecule has 0 bridgehead atoms. The minimum Gasteiger partial charge on any atom is -0.361 e. The van der Waals surface area contributed by atoms with Gasteiger partial charge in [-0.05, 0) is 48.7 Å². The Balaban J connectivity index is 1.53. The number of carbonyl (C=O) groups excluding carboxylic acids is 1. The normalized spacial score (nSPS) is 11.8. The molecule has 27 heavy (non-hydrogen) atoms. The van der Waals surface area contributed by atoms with E-state index in [0.29, 0.717) is 12.1 Å². The van der Waals surface area contributed by atoms with Gasteiger partial charge in [0.15, 0.2) is 0 Å². The van der Waals surface area contributed by atoms with Crippen LogP contribution in [0.15, 0.2) is 59.6 Å². The van der Waals surface area contributed by atoms with Crippen molar-refractivity contribution in [3.8, 4) is 0 Å². The minimum atomic E-state index is -3.46. The maximum atomic E-state index is 12.1. The third-order valence-electron chi connectivity index (χ3n) is 4.44. The van der Waals surface area contributed by atoms with Crippen molar-refractivity contribution in [1.29, 1.82) is 0 Å². The summed E-state index contributed by atoms with van der Waals surface area (Å²) in [6.07, 6.45) is 3.95. The van der Waals surface area contributed by atoms with Crippen LogP contribution in [0.4, 0.5) is 5.69 Å². The molecule has 0 atom stereocenters. The Hall–Kier alpha value is -2.64. The molecule has 0 radical (unpaired) electrons. The largest absolute Gasteiger partial charge is 0.361 e. The number of hydrogen-bond acceptors (Lipinski definition) is 3. The number of carbonyl (C=O) groups is 1. The van der Waals surface area contributed by atoms with E-state index in [1.165, 1.54) is 37.2 Å². The van der Waals surface area contributed by atoms with Gasteiger partial charge in [-0.15, -0.1) is 0 Å². The van der Waals surface area contributed by atoms with E-state index in [0.717, 1.165) is 22.7 Å². The van der Waals surface area contributed by atoms with E-state index in [1.54, 1.807) is 12.1 Å². The Morgan fingerprint density at radius 2 is 1.78 bits per heavy atom. The quantitative estimate of drug-likeness (QED) is 0.654. The predicted molar refractivity (Wildman–Crippen MR) is 107 cm³/mol. The van der Waals surface area contributed by atoms with Crippen molar-refractivity contribution in [2.75, 3.05) is 19.4 Å². The monoisotopic (exact) mass is 385 g/mol. The van der Waals surface area contributed by atoms with Crippen LogP contribution in [-0.4, -0.2) is 37.7 Å². The number of aromatic nitrogens is 1. The zero-order valence-corrected chi connectivity index (χ0v) is 16.2. The zero-order chi connectivity index (χ0) is 19.4. The number of nitrogens with one attached hydrogen (secondary N) is 2. The molecule has 0 aliphatic carbocycles. The molecular weight excluding hydrogens is 362 g/mol. The van der Waals surface area contributed by atoms with Crippen LogP contribution in [0.5, 0.6) is 0 Å². The van der Waals surface area contributed by atoms with E-state index in [2.05, 4.69) is 16.4 Å². The van der Waals surface area contributed by atoms with Gasteiger partial charge >= 0.3 is 0 Å². The van der Waals surface area contributed by atoms with Gasteiger partial charge in [0.05, 0.1) is 4.90 Å². The molecule has 0 saturated heterocycles. The van der Waals surface area contributed by atoms with Gasteiger partial charge in [-0.1, -0.05) is 18.2 Å². The summed E-state index contributed by atoms with van der Waals surface area (Å²) < 4.78 is 25.3. The van der Waals surface area contributed by atoms with Crippen LogP contribution >= 0.6 is 0 Å². The average molecular weight is 385 g/mol. The van der Waals surface area contributed by atoms with E-state index in [1.807, 2.05) is 24.4 Å². The molecule has 1 amide bonds. The number of nitrogens with zero attached hydrogens (tertiary/aromatic N) is 1. The number of anilines is 1. The van der Waals surface area contributed by atoms with Crippen LogP contribution in [0.3, 0.4) is 0 Å². The molecule has 3 aromatic rings. The highest BCUT2D eigenvalue weighted by Gasteiger charge is 2.16. The topological polar surface area (TPSA) is 82.3 Å². The second-order valence-electron chi connectivity index (χ2n) is 6.57. The minimum absolute atomic E-state index is 0.0851. The summed E-state index contributed by atoms with van der Waals surface area (Å²) in [7, 11) is -0.492. The third kappa shape index (κ3) is 4.37. The summed E-state index contributed by atoms with van der Waals surface area (Å²) in [6, 6.07) is 14.3. The zero-order valence-electron chi connectivity index (χ0n) is 15.4. The molecule has 0 fully saturated rings. The Bertz CT molecular complexity index is 1040. The first-order chi connectivity index (χ1) is 12.9. The molecule has 2 aromatic carbocycles. The lowest BCUT2D eigenvalue weighted by atomic mass is 10.1. The Kier molecular flexibility index (Phi) is 5.62. The number of aryl methyl sites for hydroxylation is 1. The fourth-order valence-corrected chi connectivity index (χ4v) is 3.82. The van der Waals surface area contributed by atoms with Crippen molar-refractivity contribution in [3.05, 3.63) is 60.3 Å². The first kappa shape index (κ1) is 19.1. The van der Waals surface area contributed by atoms with E-state index in [9.17, 15) is 13.2 Å². The van der Waals surface area contributed by atoms with Crippen molar-refractivity contribution >= 4 is 32.5 Å². The molecule has 0 unspecified atom stereocenters. The number of fused-ring (bicyclic) bond motifs is 1. The van der Waals surface area contributed by atoms with Gasteiger partial charge in [-0.3, -0.25) is 4.79 Å². The number of benzene rings is 2. The fourth-order valence-electron chi connectivity index (χ4n) is 2.92. The summed E-state index contributed by atoms with van der Waals surface area (Å²) in [5.41, 5.74) is 2.89. The Morgan fingerprint density at radius 1 is 1.07 bits per heavy atom. The van der Waals surface area contributed by atoms with E-state index < -0.39 is 10.0 Å². The smallest absolute Gasteiger partial charge is 0.242 e. The Morgan fingerprint density at radius 3 is 2.48 bits per heavy atom. The van der Waals surface area contributed by atoms with Gasteiger partial charge in [-0.25, -0.2) is 12.7 Å². The summed E-state index contributed by atoms with van der Waals surface area (Å²) in [5, 5.41) is 4.00. The van der Waals surface area contributed by atoms with E-state index in [-0.39, 0.29) is 10.8 Å². The summed E-state index contributed by atoms with van der Waals surface area (Å²) in [6.45, 7) is 0. The molecule has 1 heterocycles. The number of para-hydroxylation sites is 1. The highest BCUT2D eigenvalue weighted by molar-refractivity contribution is 7.89. The van der Waals surface area contributed by atoms with Crippen LogP contribution in [0.25, 0.3) is 10.9 Å². The van der Waals surface area contributed by atoms with Gasteiger partial charge in [-0.2, -0.15) is 0 Å². The van der Waals surface area contributed by atoms with Gasteiger partial charge < -0.3 is 10.3 Å². The van der Waals surface area contributed by atoms with E-state index in [4.69, 9.17) is 0 Å². The second-order valence-corrected chi connectivity index (χ2v) is 8.72. The van der Waals surface area contributed by atoms with Crippen LogP contribution < -0.4 is 5.32 Å². The molecule has 1 aromatic heterocycles. The third-order valence-corrected chi connectivity index (χ3v) is 6.27. The molecule has 142 valence electrons. The summed E-state index contributed by atoms with van der Waals surface area (Å²) >= 11 is 0. The summed E-state index contributed by atoms with van der Waals surface area (Å²) in [5.74, 6) is -0.0851. The van der Waals surface area contributed by atoms with Crippen LogP contribution in [-0.2, 0) is 21.2 Å². The summed E-state index contributed by atoms with van der Waals surface area (Å²) in [4.78, 5) is 15.6. The number of amides is 1. The maximum Gasteiger partial charge on any atom is 0.242 e. The molecule has 0 aliphatic rings. The highest BCUT2D eigenvalue weighted by Crippen LogP contribution is 2.20.